The van der Waals surface area contributed by atoms with Crippen LogP contribution in [0.5, 0.6) is 0 Å². The van der Waals surface area contributed by atoms with Crippen molar-refractivity contribution < 1.29 is 4.79 Å². The van der Waals surface area contributed by atoms with Gasteiger partial charge in [0.1, 0.15) is 11.0 Å². The number of carbonyl (C=O) groups is 1. The molecule has 0 bridgehead atoms. The average molecular weight is 282 g/mol. The molecule has 0 radical (unpaired) electrons. The van der Waals surface area contributed by atoms with E-state index in [4.69, 9.17) is 11.6 Å². The van der Waals surface area contributed by atoms with Crippen LogP contribution < -0.4 is 10.6 Å². The van der Waals surface area contributed by atoms with Crippen LogP contribution in [0.4, 0.5) is 5.82 Å². The largest absolute Gasteiger partial charge is 0.373 e. The van der Waals surface area contributed by atoms with Crippen LogP contribution in [-0.2, 0) is 6.54 Å². The second kappa shape index (κ2) is 5.84. The summed E-state index contributed by atoms with van der Waals surface area (Å²) in [4.78, 5) is 17.1. The number of anilines is 1. The summed E-state index contributed by atoms with van der Waals surface area (Å²) in [5, 5.41) is 7.97. The molecule has 94 valence electrons. The van der Waals surface area contributed by atoms with Gasteiger partial charge in [0.25, 0.3) is 5.91 Å². The molecule has 4 nitrogen and oxygen atoms in total. The molecule has 0 aliphatic heterocycles. The number of amides is 1. The minimum Gasteiger partial charge on any atom is -0.373 e. The number of carbonyl (C=O) groups excluding carboxylic acids is 1. The zero-order chi connectivity index (χ0) is 13.0. The van der Waals surface area contributed by atoms with Crippen molar-refractivity contribution in [3.63, 3.8) is 0 Å². The monoisotopic (exact) mass is 281 g/mol. The maximum absolute atomic E-state index is 11.9. The summed E-state index contributed by atoms with van der Waals surface area (Å²) in [6.07, 6.45) is 0. The van der Waals surface area contributed by atoms with Gasteiger partial charge in [0, 0.05) is 17.5 Å². The van der Waals surface area contributed by atoms with Crippen molar-refractivity contribution in [2.45, 2.75) is 6.54 Å². The van der Waals surface area contributed by atoms with Gasteiger partial charge in [-0.25, -0.2) is 4.98 Å². The number of hydrogen-bond acceptors (Lipinski definition) is 4. The van der Waals surface area contributed by atoms with Crippen LogP contribution in [0.25, 0.3) is 0 Å². The highest BCUT2D eigenvalue weighted by Gasteiger charge is 2.08. The third-order valence-corrected chi connectivity index (χ3v) is 3.39. The Labute approximate surface area is 114 Å². The molecule has 2 heterocycles. The fraction of sp³-hybridized carbons (Fsp3) is 0.167. The molecule has 0 atom stereocenters. The second-order valence-corrected chi connectivity index (χ2v) is 5.00. The number of hydrogen-bond donors (Lipinski definition) is 2. The van der Waals surface area contributed by atoms with Crippen LogP contribution in [0.1, 0.15) is 15.2 Å². The lowest BCUT2D eigenvalue weighted by atomic mass is 10.2. The van der Waals surface area contributed by atoms with Gasteiger partial charge < -0.3 is 10.6 Å². The molecule has 0 unspecified atom stereocenters. The van der Waals surface area contributed by atoms with Gasteiger partial charge in [-0.2, -0.15) is 0 Å². The minimum absolute atomic E-state index is 0.163. The molecular formula is C12H12ClN3OS. The van der Waals surface area contributed by atoms with Gasteiger partial charge >= 0.3 is 0 Å². The summed E-state index contributed by atoms with van der Waals surface area (Å²) in [6.45, 7) is 0.519. The van der Waals surface area contributed by atoms with E-state index in [2.05, 4.69) is 15.6 Å². The average Bonchev–Trinajstić information content (AvgIpc) is 2.88. The first kappa shape index (κ1) is 12.9. The van der Waals surface area contributed by atoms with Gasteiger partial charge in [-0.05, 0) is 23.6 Å². The van der Waals surface area contributed by atoms with Gasteiger partial charge in [-0.3, -0.25) is 4.79 Å². The number of rotatable bonds is 4. The van der Waals surface area contributed by atoms with Crippen LogP contribution >= 0.6 is 22.9 Å². The molecule has 2 aromatic heterocycles. The fourth-order valence-electron chi connectivity index (χ4n) is 1.44. The summed E-state index contributed by atoms with van der Waals surface area (Å²) in [7, 11) is 1.73. The van der Waals surface area contributed by atoms with E-state index in [1.54, 1.807) is 30.5 Å². The first-order valence-corrected chi connectivity index (χ1v) is 6.60. The molecule has 18 heavy (non-hydrogen) atoms. The quantitative estimate of drug-likeness (QED) is 0.848. The molecule has 0 spiro atoms. The van der Waals surface area contributed by atoms with Crippen molar-refractivity contribution in [1.82, 2.24) is 10.3 Å². The van der Waals surface area contributed by atoms with E-state index in [1.807, 2.05) is 17.5 Å². The van der Waals surface area contributed by atoms with Crippen LogP contribution in [0.15, 0.2) is 29.6 Å². The summed E-state index contributed by atoms with van der Waals surface area (Å²) in [5.74, 6) is 0.410. The van der Waals surface area contributed by atoms with E-state index < -0.39 is 0 Å². The normalized spacial score (nSPS) is 10.1. The topological polar surface area (TPSA) is 54.0 Å². The maximum atomic E-state index is 11.9. The molecule has 2 aromatic rings. The molecule has 2 N–H and O–H groups in total. The Hall–Kier alpha value is -1.59. The zero-order valence-corrected chi connectivity index (χ0v) is 11.3. The molecule has 2 rings (SSSR count). The zero-order valence-electron chi connectivity index (χ0n) is 9.74. The van der Waals surface area contributed by atoms with Crippen LogP contribution in [0.2, 0.25) is 5.15 Å². The molecule has 1 amide bonds. The highest BCUT2D eigenvalue weighted by molar-refractivity contribution is 7.09. The highest BCUT2D eigenvalue weighted by Crippen LogP contribution is 2.14. The fourth-order valence-corrected chi connectivity index (χ4v) is 2.29. The van der Waals surface area contributed by atoms with Gasteiger partial charge in [0.2, 0.25) is 0 Å². The summed E-state index contributed by atoms with van der Waals surface area (Å²) < 4.78 is 0. The molecular weight excluding hydrogens is 270 g/mol. The molecule has 0 aliphatic rings. The van der Waals surface area contributed by atoms with E-state index in [0.29, 0.717) is 23.1 Å². The van der Waals surface area contributed by atoms with Gasteiger partial charge in [-0.1, -0.05) is 17.7 Å². The molecule has 0 saturated heterocycles. The summed E-state index contributed by atoms with van der Waals surface area (Å²) in [5.41, 5.74) is 0.496. The standard InChI is InChI=1S/C12H12ClN3OS/c1-14-11-6-8(5-10(13)16-11)12(17)15-7-9-3-2-4-18-9/h2-6H,7H2,1H3,(H,14,16)(H,15,17). The molecule has 0 aliphatic carbocycles. The first-order valence-electron chi connectivity index (χ1n) is 5.35. The van der Waals surface area contributed by atoms with E-state index in [1.165, 1.54) is 0 Å². The Morgan fingerprint density at radius 1 is 1.50 bits per heavy atom. The lowest BCUT2D eigenvalue weighted by Crippen LogP contribution is -2.22. The van der Waals surface area contributed by atoms with Gasteiger partial charge in [0.05, 0.1) is 6.54 Å². The van der Waals surface area contributed by atoms with Crippen molar-refractivity contribution >= 4 is 34.7 Å². The third kappa shape index (κ3) is 3.21. The predicted octanol–water partition coefficient (Wildman–Crippen LogP) is 2.77. The number of aromatic nitrogens is 1. The summed E-state index contributed by atoms with van der Waals surface area (Å²) >= 11 is 7.45. The van der Waals surface area contributed by atoms with E-state index >= 15 is 0 Å². The lowest BCUT2D eigenvalue weighted by molar-refractivity contribution is 0.0951. The number of halogens is 1. The molecule has 0 aromatic carbocycles. The van der Waals surface area contributed by atoms with Crippen molar-refractivity contribution in [3.8, 4) is 0 Å². The number of nitrogens with one attached hydrogen (secondary N) is 2. The van der Waals surface area contributed by atoms with Gasteiger partial charge in [-0.15, -0.1) is 11.3 Å². The van der Waals surface area contributed by atoms with E-state index in [0.717, 1.165) is 4.88 Å². The summed E-state index contributed by atoms with van der Waals surface area (Å²) in [6, 6.07) is 7.14. The van der Waals surface area contributed by atoms with Gasteiger partial charge in [0.15, 0.2) is 0 Å². The number of pyridine rings is 1. The Morgan fingerprint density at radius 3 is 3.00 bits per heavy atom. The minimum atomic E-state index is -0.163. The SMILES string of the molecule is CNc1cc(C(=O)NCc2cccs2)cc(Cl)n1. The van der Waals surface area contributed by atoms with Crippen molar-refractivity contribution in [2.75, 3.05) is 12.4 Å². The number of nitrogens with zero attached hydrogens (tertiary/aromatic N) is 1. The molecule has 0 saturated carbocycles. The Balaban J connectivity index is 2.06. The Kier molecular flexibility index (Phi) is 4.17. The molecule has 0 fully saturated rings. The van der Waals surface area contributed by atoms with Crippen molar-refractivity contribution in [2.24, 2.45) is 0 Å². The van der Waals surface area contributed by atoms with E-state index in [9.17, 15) is 4.79 Å². The Bertz CT molecular complexity index is 542. The predicted molar refractivity (Wildman–Crippen MR) is 74.3 cm³/mol. The lowest BCUT2D eigenvalue weighted by Gasteiger charge is -2.06. The second-order valence-electron chi connectivity index (χ2n) is 3.58. The van der Waals surface area contributed by atoms with Crippen LogP contribution in [0.3, 0.4) is 0 Å². The van der Waals surface area contributed by atoms with E-state index in [-0.39, 0.29) is 5.91 Å². The smallest absolute Gasteiger partial charge is 0.251 e. The van der Waals surface area contributed by atoms with Crippen molar-refractivity contribution in [3.05, 3.63) is 45.2 Å². The van der Waals surface area contributed by atoms with Crippen LogP contribution in [-0.4, -0.2) is 17.9 Å². The highest BCUT2D eigenvalue weighted by atomic mass is 35.5. The third-order valence-electron chi connectivity index (χ3n) is 2.32. The Morgan fingerprint density at radius 2 is 2.33 bits per heavy atom. The first-order chi connectivity index (χ1) is 8.69. The molecule has 6 heteroatoms. The maximum Gasteiger partial charge on any atom is 0.251 e. The van der Waals surface area contributed by atoms with Crippen LogP contribution in [0, 0.1) is 0 Å². The number of thiophene rings is 1. The van der Waals surface area contributed by atoms with Crippen molar-refractivity contribution in [1.29, 1.82) is 0 Å².